The SMILES string of the molecule is CCC(=O)NCC(C)(CC)NC(=O)CC. The van der Waals surface area contributed by atoms with Gasteiger partial charge in [0.05, 0.1) is 5.54 Å². The second kappa shape index (κ2) is 6.43. The zero-order chi connectivity index (χ0) is 11.9. The van der Waals surface area contributed by atoms with Crippen LogP contribution in [-0.2, 0) is 9.59 Å². The van der Waals surface area contributed by atoms with Gasteiger partial charge in [-0.3, -0.25) is 9.59 Å². The van der Waals surface area contributed by atoms with Gasteiger partial charge in [0, 0.05) is 19.4 Å². The van der Waals surface area contributed by atoms with Gasteiger partial charge in [-0.05, 0) is 13.3 Å². The van der Waals surface area contributed by atoms with Crippen molar-refractivity contribution in [3.05, 3.63) is 0 Å². The van der Waals surface area contributed by atoms with Crippen LogP contribution in [0.4, 0.5) is 0 Å². The van der Waals surface area contributed by atoms with Gasteiger partial charge in [-0.25, -0.2) is 0 Å². The van der Waals surface area contributed by atoms with E-state index in [0.29, 0.717) is 19.4 Å². The molecule has 0 bridgehead atoms. The standard InChI is InChI=1S/C11H22N2O2/c1-5-9(14)12-8-11(4,7-3)13-10(15)6-2/h5-8H2,1-4H3,(H,12,14)(H,13,15). The summed E-state index contributed by atoms with van der Waals surface area (Å²) in [6.07, 6.45) is 1.74. The lowest BCUT2D eigenvalue weighted by molar-refractivity contribution is -0.124. The maximum atomic E-state index is 11.3. The minimum atomic E-state index is -0.335. The van der Waals surface area contributed by atoms with E-state index >= 15 is 0 Å². The number of nitrogens with one attached hydrogen (secondary N) is 2. The molecule has 0 aliphatic carbocycles. The quantitative estimate of drug-likeness (QED) is 0.698. The van der Waals surface area contributed by atoms with Crippen LogP contribution in [-0.4, -0.2) is 23.9 Å². The third-order valence-electron chi connectivity index (χ3n) is 2.54. The first-order valence-electron chi connectivity index (χ1n) is 5.55. The van der Waals surface area contributed by atoms with E-state index in [1.165, 1.54) is 0 Å². The zero-order valence-electron chi connectivity index (χ0n) is 10.1. The average Bonchev–Trinajstić information content (AvgIpc) is 2.25. The summed E-state index contributed by atoms with van der Waals surface area (Å²) in [6, 6.07) is 0. The first-order valence-corrected chi connectivity index (χ1v) is 5.55. The zero-order valence-corrected chi connectivity index (χ0v) is 10.1. The molecule has 0 fully saturated rings. The number of carbonyl (C=O) groups is 2. The Hall–Kier alpha value is -1.06. The van der Waals surface area contributed by atoms with Crippen molar-refractivity contribution in [2.45, 2.75) is 52.5 Å². The second-order valence-electron chi connectivity index (χ2n) is 3.95. The van der Waals surface area contributed by atoms with Crippen LogP contribution in [0.25, 0.3) is 0 Å². The van der Waals surface area contributed by atoms with E-state index in [0.717, 1.165) is 6.42 Å². The molecule has 0 aliphatic rings. The normalized spacial score (nSPS) is 14.1. The van der Waals surface area contributed by atoms with Crippen LogP contribution in [0.2, 0.25) is 0 Å². The first-order chi connectivity index (χ1) is 6.97. The molecule has 0 aromatic heterocycles. The summed E-state index contributed by atoms with van der Waals surface area (Å²) in [6.45, 7) is 8.05. The number of hydrogen-bond acceptors (Lipinski definition) is 2. The van der Waals surface area contributed by atoms with Crippen molar-refractivity contribution in [3.8, 4) is 0 Å². The minimum Gasteiger partial charge on any atom is -0.354 e. The molecule has 88 valence electrons. The number of hydrogen-bond donors (Lipinski definition) is 2. The van der Waals surface area contributed by atoms with Gasteiger partial charge in [-0.1, -0.05) is 20.8 Å². The lowest BCUT2D eigenvalue weighted by atomic mass is 9.98. The van der Waals surface area contributed by atoms with Gasteiger partial charge < -0.3 is 10.6 Å². The van der Waals surface area contributed by atoms with Crippen LogP contribution in [0.1, 0.15) is 47.0 Å². The maximum absolute atomic E-state index is 11.3. The molecule has 2 amide bonds. The van der Waals surface area contributed by atoms with E-state index in [1.54, 1.807) is 0 Å². The van der Waals surface area contributed by atoms with Gasteiger partial charge >= 0.3 is 0 Å². The molecule has 0 aromatic rings. The molecular weight excluding hydrogens is 192 g/mol. The van der Waals surface area contributed by atoms with E-state index in [1.807, 2.05) is 27.7 Å². The van der Waals surface area contributed by atoms with Crippen LogP contribution < -0.4 is 10.6 Å². The maximum Gasteiger partial charge on any atom is 0.220 e. The van der Waals surface area contributed by atoms with Gasteiger partial charge in [0.1, 0.15) is 0 Å². The predicted molar refractivity (Wildman–Crippen MR) is 60.4 cm³/mol. The third-order valence-corrected chi connectivity index (χ3v) is 2.54. The Labute approximate surface area is 91.8 Å². The molecule has 0 rings (SSSR count). The Balaban J connectivity index is 4.18. The summed E-state index contributed by atoms with van der Waals surface area (Å²) < 4.78 is 0. The van der Waals surface area contributed by atoms with Gasteiger partial charge in [-0.15, -0.1) is 0 Å². The largest absolute Gasteiger partial charge is 0.354 e. The van der Waals surface area contributed by atoms with E-state index in [-0.39, 0.29) is 17.4 Å². The molecule has 1 unspecified atom stereocenters. The van der Waals surface area contributed by atoms with Crippen molar-refractivity contribution in [2.24, 2.45) is 0 Å². The molecule has 2 N–H and O–H groups in total. The van der Waals surface area contributed by atoms with Crippen LogP contribution in [0, 0.1) is 0 Å². The summed E-state index contributed by atoms with van der Waals surface area (Å²) in [5, 5.41) is 5.72. The van der Waals surface area contributed by atoms with Crippen molar-refractivity contribution < 1.29 is 9.59 Å². The van der Waals surface area contributed by atoms with Crippen molar-refractivity contribution in [1.82, 2.24) is 10.6 Å². The summed E-state index contributed by atoms with van der Waals surface area (Å²) in [5.41, 5.74) is -0.335. The molecule has 0 heterocycles. The molecule has 0 aliphatic heterocycles. The van der Waals surface area contributed by atoms with Crippen molar-refractivity contribution >= 4 is 11.8 Å². The molecule has 15 heavy (non-hydrogen) atoms. The van der Waals surface area contributed by atoms with E-state index in [2.05, 4.69) is 10.6 Å². The molecule has 0 saturated carbocycles. The monoisotopic (exact) mass is 214 g/mol. The van der Waals surface area contributed by atoms with Gasteiger partial charge in [0.25, 0.3) is 0 Å². The van der Waals surface area contributed by atoms with Crippen LogP contribution in [0.15, 0.2) is 0 Å². The first kappa shape index (κ1) is 13.9. The summed E-state index contributed by atoms with van der Waals surface area (Å²) in [4.78, 5) is 22.4. The molecule has 0 aromatic carbocycles. The number of rotatable bonds is 6. The fourth-order valence-corrected chi connectivity index (χ4v) is 1.10. The fourth-order valence-electron chi connectivity index (χ4n) is 1.10. The van der Waals surface area contributed by atoms with Crippen LogP contribution in [0.3, 0.4) is 0 Å². The summed E-state index contributed by atoms with van der Waals surface area (Å²) in [7, 11) is 0. The number of carbonyl (C=O) groups excluding carboxylic acids is 2. The lowest BCUT2D eigenvalue weighted by Crippen LogP contribution is -2.53. The molecule has 0 saturated heterocycles. The highest BCUT2D eigenvalue weighted by molar-refractivity contribution is 5.77. The predicted octanol–water partition coefficient (Wildman–Crippen LogP) is 1.21. The Morgan fingerprint density at radius 3 is 2.00 bits per heavy atom. The highest BCUT2D eigenvalue weighted by atomic mass is 16.2. The van der Waals surface area contributed by atoms with Gasteiger partial charge in [0.2, 0.25) is 11.8 Å². The van der Waals surface area contributed by atoms with Gasteiger partial charge in [0.15, 0.2) is 0 Å². The highest BCUT2D eigenvalue weighted by Crippen LogP contribution is 2.08. The van der Waals surface area contributed by atoms with E-state index in [9.17, 15) is 9.59 Å². The van der Waals surface area contributed by atoms with Crippen molar-refractivity contribution in [1.29, 1.82) is 0 Å². The molecule has 4 heteroatoms. The van der Waals surface area contributed by atoms with Crippen molar-refractivity contribution in [2.75, 3.05) is 6.54 Å². The minimum absolute atomic E-state index is 0.0143. The lowest BCUT2D eigenvalue weighted by Gasteiger charge is -2.29. The molecule has 4 nitrogen and oxygen atoms in total. The molecular formula is C11H22N2O2. The van der Waals surface area contributed by atoms with Crippen LogP contribution >= 0.6 is 0 Å². The second-order valence-corrected chi connectivity index (χ2v) is 3.95. The molecule has 0 spiro atoms. The Morgan fingerprint density at radius 1 is 1.07 bits per heavy atom. The topological polar surface area (TPSA) is 58.2 Å². The fraction of sp³-hybridized carbons (Fsp3) is 0.818. The van der Waals surface area contributed by atoms with Gasteiger partial charge in [-0.2, -0.15) is 0 Å². The number of amides is 2. The summed E-state index contributed by atoms with van der Waals surface area (Å²) in [5.74, 6) is 0.0329. The molecule has 1 atom stereocenters. The van der Waals surface area contributed by atoms with E-state index in [4.69, 9.17) is 0 Å². The Morgan fingerprint density at radius 2 is 1.60 bits per heavy atom. The average molecular weight is 214 g/mol. The Kier molecular flexibility index (Phi) is 5.97. The van der Waals surface area contributed by atoms with E-state index < -0.39 is 0 Å². The smallest absolute Gasteiger partial charge is 0.220 e. The summed E-state index contributed by atoms with van der Waals surface area (Å²) >= 11 is 0. The van der Waals surface area contributed by atoms with Crippen LogP contribution in [0.5, 0.6) is 0 Å². The van der Waals surface area contributed by atoms with Crippen molar-refractivity contribution in [3.63, 3.8) is 0 Å². The third kappa shape index (κ3) is 5.40. The highest BCUT2D eigenvalue weighted by Gasteiger charge is 2.23. The molecule has 0 radical (unpaired) electrons. The Bertz CT molecular complexity index is 229.